The van der Waals surface area contributed by atoms with Crippen LogP contribution in [0.2, 0.25) is 0 Å². The number of nitrogens with one attached hydrogen (secondary N) is 1. The van der Waals surface area contributed by atoms with Crippen LogP contribution in [0.1, 0.15) is 11.1 Å². The highest BCUT2D eigenvalue weighted by Crippen LogP contribution is 2.08. The minimum Gasteiger partial charge on any atom is -0.351 e. The van der Waals surface area contributed by atoms with E-state index in [1.54, 1.807) is 0 Å². The second kappa shape index (κ2) is 6.30. The zero-order valence-electron chi connectivity index (χ0n) is 9.00. The van der Waals surface area contributed by atoms with Crippen molar-refractivity contribution < 1.29 is 4.79 Å². The molecule has 0 fully saturated rings. The monoisotopic (exact) mass is 238 g/mol. The van der Waals surface area contributed by atoms with E-state index >= 15 is 0 Å². The van der Waals surface area contributed by atoms with Gasteiger partial charge in [0, 0.05) is 11.6 Å². The Balaban J connectivity index is 2.58. The van der Waals surface area contributed by atoms with Gasteiger partial charge in [-0.3, -0.25) is 4.79 Å². The average Bonchev–Trinajstić information content (AvgIpc) is 2.27. The number of halogens is 1. The zero-order valence-corrected chi connectivity index (χ0v) is 9.76. The number of hydrogen-bond acceptors (Lipinski definition) is 2. The molecule has 4 heteroatoms. The summed E-state index contributed by atoms with van der Waals surface area (Å²) in [6.07, 6.45) is 0.317. The van der Waals surface area contributed by atoms with Gasteiger partial charge in [-0.2, -0.15) is 0 Å². The number of carbonyl (C=O) groups is 1. The molecule has 0 unspecified atom stereocenters. The lowest BCUT2D eigenvalue weighted by atomic mass is 10.0. The van der Waals surface area contributed by atoms with Gasteiger partial charge < -0.3 is 11.1 Å². The standard InChI is InChI=1S/C12H15ClN2O/c1-9(13)8-15-12(16)6-10-4-2-3-5-11(10)7-14/h2-5H,1,6-8,14H2,(H,15,16). The van der Waals surface area contributed by atoms with Gasteiger partial charge in [0.25, 0.3) is 0 Å². The highest BCUT2D eigenvalue weighted by molar-refractivity contribution is 6.29. The molecule has 1 rings (SSSR count). The molecular weight excluding hydrogens is 224 g/mol. The van der Waals surface area contributed by atoms with Gasteiger partial charge in [0.15, 0.2) is 0 Å². The van der Waals surface area contributed by atoms with Crippen molar-refractivity contribution in [2.24, 2.45) is 5.73 Å². The van der Waals surface area contributed by atoms with Crippen LogP contribution in [0.3, 0.4) is 0 Å². The van der Waals surface area contributed by atoms with E-state index in [9.17, 15) is 4.79 Å². The highest BCUT2D eigenvalue weighted by atomic mass is 35.5. The van der Waals surface area contributed by atoms with Gasteiger partial charge in [0.1, 0.15) is 0 Å². The molecule has 0 aliphatic carbocycles. The predicted octanol–water partition coefficient (Wildman–Crippen LogP) is 1.56. The van der Waals surface area contributed by atoms with Gasteiger partial charge in [-0.1, -0.05) is 42.4 Å². The SMILES string of the molecule is C=C(Cl)CNC(=O)Cc1ccccc1CN. The predicted molar refractivity (Wildman–Crippen MR) is 66.0 cm³/mol. The van der Waals surface area contributed by atoms with E-state index in [4.69, 9.17) is 17.3 Å². The fourth-order valence-corrected chi connectivity index (χ4v) is 1.43. The molecule has 1 aromatic rings. The smallest absolute Gasteiger partial charge is 0.224 e. The summed E-state index contributed by atoms with van der Waals surface area (Å²) < 4.78 is 0. The molecule has 3 nitrogen and oxygen atoms in total. The molecular formula is C12H15ClN2O. The molecule has 0 atom stereocenters. The zero-order chi connectivity index (χ0) is 12.0. The summed E-state index contributed by atoms with van der Waals surface area (Å²) in [5, 5.41) is 3.09. The van der Waals surface area contributed by atoms with Crippen LogP contribution in [0.15, 0.2) is 35.9 Å². The molecule has 1 amide bonds. The summed E-state index contributed by atoms with van der Waals surface area (Å²) in [5.74, 6) is -0.0808. The quantitative estimate of drug-likeness (QED) is 0.818. The van der Waals surface area contributed by atoms with Crippen molar-refractivity contribution in [3.05, 3.63) is 47.0 Å². The van der Waals surface area contributed by atoms with Gasteiger partial charge in [-0.15, -0.1) is 0 Å². The van der Waals surface area contributed by atoms with Gasteiger partial charge in [0.2, 0.25) is 5.91 Å². The van der Waals surface area contributed by atoms with Crippen LogP contribution >= 0.6 is 11.6 Å². The van der Waals surface area contributed by atoms with Crippen LogP contribution in [-0.2, 0) is 17.8 Å². The number of rotatable bonds is 5. The first-order chi connectivity index (χ1) is 7.63. The van der Waals surface area contributed by atoms with Crippen molar-refractivity contribution in [3.63, 3.8) is 0 Å². The maximum atomic E-state index is 11.5. The Labute approximate surface area is 100 Å². The second-order valence-corrected chi connectivity index (χ2v) is 3.98. The van der Waals surface area contributed by atoms with E-state index in [2.05, 4.69) is 11.9 Å². The third-order valence-electron chi connectivity index (χ3n) is 2.17. The summed E-state index contributed by atoms with van der Waals surface area (Å²) >= 11 is 5.55. The summed E-state index contributed by atoms with van der Waals surface area (Å²) in [6, 6.07) is 7.62. The van der Waals surface area contributed by atoms with Crippen molar-refractivity contribution in [2.45, 2.75) is 13.0 Å². The van der Waals surface area contributed by atoms with Gasteiger partial charge >= 0.3 is 0 Å². The van der Waals surface area contributed by atoms with Crippen LogP contribution < -0.4 is 11.1 Å². The third-order valence-corrected chi connectivity index (χ3v) is 2.30. The lowest BCUT2D eigenvalue weighted by Gasteiger charge is -2.07. The summed E-state index contributed by atoms with van der Waals surface area (Å²) in [5.41, 5.74) is 7.52. The minimum absolute atomic E-state index is 0.0808. The molecule has 0 saturated heterocycles. The molecule has 0 spiro atoms. The van der Waals surface area contributed by atoms with E-state index in [0.29, 0.717) is 24.5 Å². The molecule has 1 aromatic carbocycles. The average molecular weight is 239 g/mol. The second-order valence-electron chi connectivity index (χ2n) is 3.44. The molecule has 0 radical (unpaired) electrons. The first-order valence-corrected chi connectivity index (χ1v) is 5.38. The molecule has 0 saturated carbocycles. The van der Waals surface area contributed by atoms with Crippen LogP contribution in [0.25, 0.3) is 0 Å². The topological polar surface area (TPSA) is 55.1 Å². The fourth-order valence-electron chi connectivity index (χ4n) is 1.36. The van der Waals surface area contributed by atoms with Gasteiger partial charge in [-0.25, -0.2) is 0 Å². The Morgan fingerprint density at radius 2 is 2.00 bits per heavy atom. The number of hydrogen-bond donors (Lipinski definition) is 2. The lowest BCUT2D eigenvalue weighted by molar-refractivity contribution is -0.120. The van der Waals surface area contributed by atoms with E-state index in [-0.39, 0.29) is 5.91 Å². The molecule has 0 aliphatic rings. The van der Waals surface area contributed by atoms with Crippen molar-refractivity contribution in [2.75, 3.05) is 6.54 Å². The Hall–Kier alpha value is -1.32. The first kappa shape index (κ1) is 12.7. The molecule has 3 N–H and O–H groups in total. The lowest BCUT2D eigenvalue weighted by Crippen LogP contribution is -2.26. The fraction of sp³-hybridized carbons (Fsp3) is 0.250. The molecule has 0 heterocycles. The Morgan fingerprint density at radius 1 is 1.38 bits per heavy atom. The van der Waals surface area contributed by atoms with E-state index in [1.807, 2.05) is 24.3 Å². The van der Waals surface area contributed by atoms with Gasteiger partial charge in [0.05, 0.1) is 13.0 Å². The Bertz CT molecular complexity index is 390. The van der Waals surface area contributed by atoms with Gasteiger partial charge in [-0.05, 0) is 11.1 Å². The number of benzene rings is 1. The van der Waals surface area contributed by atoms with Crippen molar-refractivity contribution in [1.82, 2.24) is 5.32 Å². The molecule has 0 aromatic heterocycles. The summed E-state index contributed by atoms with van der Waals surface area (Å²) in [4.78, 5) is 11.5. The first-order valence-electron chi connectivity index (χ1n) is 5.00. The van der Waals surface area contributed by atoms with Crippen molar-refractivity contribution >= 4 is 17.5 Å². The van der Waals surface area contributed by atoms with Crippen molar-refractivity contribution in [3.8, 4) is 0 Å². The Kier molecular flexibility index (Phi) is 5.02. The minimum atomic E-state index is -0.0808. The maximum absolute atomic E-state index is 11.5. The van der Waals surface area contributed by atoms with Crippen LogP contribution in [0.5, 0.6) is 0 Å². The third kappa shape index (κ3) is 4.04. The molecule has 0 bridgehead atoms. The number of nitrogens with two attached hydrogens (primary N) is 1. The largest absolute Gasteiger partial charge is 0.351 e. The molecule has 0 aliphatic heterocycles. The molecule has 86 valence electrons. The van der Waals surface area contributed by atoms with Crippen LogP contribution in [-0.4, -0.2) is 12.5 Å². The normalized spacial score (nSPS) is 9.88. The van der Waals surface area contributed by atoms with E-state index in [1.165, 1.54) is 0 Å². The van der Waals surface area contributed by atoms with Crippen LogP contribution in [0.4, 0.5) is 0 Å². The number of amides is 1. The highest BCUT2D eigenvalue weighted by Gasteiger charge is 2.06. The van der Waals surface area contributed by atoms with Crippen LogP contribution in [0, 0.1) is 0 Å². The van der Waals surface area contributed by atoms with Crippen molar-refractivity contribution in [1.29, 1.82) is 0 Å². The summed E-state index contributed by atoms with van der Waals surface area (Å²) in [7, 11) is 0. The maximum Gasteiger partial charge on any atom is 0.224 e. The molecule has 16 heavy (non-hydrogen) atoms. The Morgan fingerprint density at radius 3 is 2.56 bits per heavy atom. The summed E-state index contributed by atoms with van der Waals surface area (Å²) in [6.45, 7) is 4.23. The van der Waals surface area contributed by atoms with E-state index in [0.717, 1.165) is 11.1 Å². The van der Waals surface area contributed by atoms with E-state index < -0.39 is 0 Å². The number of carbonyl (C=O) groups excluding carboxylic acids is 1.